The van der Waals surface area contributed by atoms with Gasteiger partial charge in [0.2, 0.25) is 0 Å². The molecule has 0 saturated heterocycles. The van der Waals surface area contributed by atoms with Crippen molar-refractivity contribution in [2.75, 3.05) is 5.73 Å². The van der Waals surface area contributed by atoms with Gasteiger partial charge in [0.1, 0.15) is 0 Å². The summed E-state index contributed by atoms with van der Waals surface area (Å²) in [5.74, 6) is 0.912. The Kier molecular flexibility index (Phi) is 6.49. The first-order valence-electron chi connectivity index (χ1n) is 8.75. The van der Waals surface area contributed by atoms with Crippen LogP contribution in [0.1, 0.15) is 96.3 Å². The first-order chi connectivity index (χ1) is 10.1. The van der Waals surface area contributed by atoms with Crippen molar-refractivity contribution in [1.29, 1.82) is 0 Å². The summed E-state index contributed by atoms with van der Waals surface area (Å²) in [6, 6.07) is 4.95. The van der Waals surface area contributed by atoms with Crippen molar-refractivity contribution >= 4 is 5.69 Å². The van der Waals surface area contributed by atoms with Crippen molar-refractivity contribution in [3.05, 3.63) is 28.8 Å². The lowest BCUT2D eigenvalue weighted by Gasteiger charge is -2.29. The zero-order valence-electron chi connectivity index (χ0n) is 15.7. The van der Waals surface area contributed by atoms with Gasteiger partial charge in [-0.2, -0.15) is 0 Å². The van der Waals surface area contributed by atoms with Gasteiger partial charge in [-0.05, 0) is 53.7 Å². The Morgan fingerprint density at radius 2 is 1.41 bits per heavy atom. The minimum Gasteiger partial charge on any atom is -0.398 e. The van der Waals surface area contributed by atoms with Gasteiger partial charge in [0.15, 0.2) is 0 Å². The molecule has 0 aliphatic carbocycles. The minimum atomic E-state index is 0.163. The molecule has 0 aliphatic heterocycles. The van der Waals surface area contributed by atoms with Gasteiger partial charge in [0.25, 0.3) is 0 Å². The number of hydrogen-bond acceptors (Lipinski definition) is 2. The molecule has 0 aromatic heterocycles. The van der Waals surface area contributed by atoms with E-state index in [9.17, 15) is 0 Å². The zero-order valence-corrected chi connectivity index (χ0v) is 15.7. The Hall–Kier alpha value is -1.02. The maximum absolute atomic E-state index is 6.42. The number of nitrogens with two attached hydrogens (primary N) is 2. The van der Waals surface area contributed by atoms with Gasteiger partial charge >= 0.3 is 0 Å². The Balaban J connectivity index is 3.17. The van der Waals surface area contributed by atoms with Crippen molar-refractivity contribution in [3.8, 4) is 0 Å². The molecule has 2 heteroatoms. The van der Waals surface area contributed by atoms with E-state index < -0.39 is 0 Å². The topological polar surface area (TPSA) is 52.0 Å². The molecule has 0 bridgehead atoms. The molecule has 4 N–H and O–H groups in total. The lowest BCUT2D eigenvalue weighted by Crippen LogP contribution is -2.21. The van der Waals surface area contributed by atoms with Crippen LogP contribution in [-0.4, -0.2) is 6.04 Å². The number of benzene rings is 1. The summed E-state index contributed by atoms with van der Waals surface area (Å²) < 4.78 is 0. The quantitative estimate of drug-likeness (QED) is 0.671. The fraction of sp³-hybridized carbons (Fsp3) is 0.700. The largest absolute Gasteiger partial charge is 0.398 e. The van der Waals surface area contributed by atoms with Crippen molar-refractivity contribution in [2.24, 2.45) is 5.73 Å². The van der Waals surface area contributed by atoms with Crippen LogP contribution < -0.4 is 11.5 Å². The highest BCUT2D eigenvalue weighted by Crippen LogP contribution is 2.37. The summed E-state index contributed by atoms with van der Waals surface area (Å²) in [5, 5.41) is 0. The summed E-state index contributed by atoms with van der Waals surface area (Å²) in [6.45, 7) is 15.7. The highest BCUT2D eigenvalue weighted by atomic mass is 14.6. The average Bonchev–Trinajstić information content (AvgIpc) is 2.37. The highest BCUT2D eigenvalue weighted by molar-refractivity contribution is 5.59. The van der Waals surface area contributed by atoms with Gasteiger partial charge in [-0.3, -0.25) is 0 Å². The third kappa shape index (κ3) is 4.74. The lowest BCUT2D eigenvalue weighted by atomic mass is 9.76. The fourth-order valence-electron chi connectivity index (χ4n) is 3.06. The molecule has 1 rings (SSSR count). The van der Waals surface area contributed by atoms with Crippen LogP contribution in [0.4, 0.5) is 5.69 Å². The minimum absolute atomic E-state index is 0.163. The molecule has 0 spiro atoms. The van der Waals surface area contributed by atoms with E-state index >= 15 is 0 Å². The van der Waals surface area contributed by atoms with Crippen LogP contribution in [0.2, 0.25) is 0 Å². The second-order valence-electron chi connectivity index (χ2n) is 8.13. The van der Waals surface area contributed by atoms with Crippen molar-refractivity contribution in [3.63, 3.8) is 0 Å². The monoisotopic (exact) mass is 304 g/mol. The van der Waals surface area contributed by atoms with Crippen LogP contribution in [0.15, 0.2) is 12.1 Å². The van der Waals surface area contributed by atoms with Crippen molar-refractivity contribution < 1.29 is 0 Å². The summed E-state index contributed by atoms with van der Waals surface area (Å²) >= 11 is 0. The van der Waals surface area contributed by atoms with Crippen molar-refractivity contribution in [2.45, 2.75) is 91.0 Å². The van der Waals surface area contributed by atoms with Crippen molar-refractivity contribution in [1.82, 2.24) is 0 Å². The molecule has 0 amide bonds. The van der Waals surface area contributed by atoms with E-state index in [0.29, 0.717) is 17.9 Å². The molecule has 126 valence electrons. The van der Waals surface area contributed by atoms with Gasteiger partial charge in [-0.1, -0.05) is 60.1 Å². The number of hydrogen-bond donors (Lipinski definition) is 2. The Labute approximate surface area is 137 Å². The van der Waals surface area contributed by atoms with E-state index in [4.69, 9.17) is 11.5 Å². The lowest BCUT2D eigenvalue weighted by molar-refractivity contribution is 0.439. The van der Waals surface area contributed by atoms with Crippen LogP contribution >= 0.6 is 0 Å². The third-order valence-electron chi connectivity index (χ3n) is 4.73. The summed E-state index contributed by atoms with van der Waals surface area (Å²) in [7, 11) is 0. The molecule has 0 heterocycles. The molecule has 1 aromatic carbocycles. The molecule has 1 aromatic rings. The smallest absolute Gasteiger partial charge is 0.0384 e. The van der Waals surface area contributed by atoms with E-state index in [1.807, 2.05) is 0 Å². The van der Waals surface area contributed by atoms with Crippen LogP contribution in [0.5, 0.6) is 0 Å². The molecule has 0 fully saturated rings. The molecule has 0 aliphatic rings. The molecule has 1 atom stereocenters. The summed E-state index contributed by atoms with van der Waals surface area (Å²) in [6.07, 6.45) is 3.42. The van der Waals surface area contributed by atoms with E-state index in [2.05, 4.69) is 60.6 Å². The second kappa shape index (κ2) is 7.50. The van der Waals surface area contributed by atoms with Crippen LogP contribution in [-0.2, 0) is 5.41 Å². The van der Waals surface area contributed by atoms with E-state index in [1.165, 1.54) is 23.1 Å². The molecular weight excluding hydrogens is 268 g/mol. The maximum Gasteiger partial charge on any atom is 0.0384 e. The van der Waals surface area contributed by atoms with Crippen LogP contribution in [0.3, 0.4) is 0 Å². The zero-order chi connectivity index (χ0) is 17.1. The third-order valence-corrected chi connectivity index (χ3v) is 4.73. The van der Waals surface area contributed by atoms with Gasteiger partial charge in [0, 0.05) is 11.7 Å². The van der Waals surface area contributed by atoms with Crippen LogP contribution in [0, 0.1) is 0 Å². The summed E-state index contributed by atoms with van der Waals surface area (Å²) in [4.78, 5) is 0. The summed E-state index contributed by atoms with van der Waals surface area (Å²) in [5.41, 5.74) is 17.5. The van der Waals surface area contributed by atoms with Gasteiger partial charge < -0.3 is 11.5 Å². The Morgan fingerprint density at radius 3 is 1.77 bits per heavy atom. The first kappa shape index (κ1) is 19.0. The van der Waals surface area contributed by atoms with Gasteiger partial charge in [-0.15, -0.1) is 0 Å². The van der Waals surface area contributed by atoms with Gasteiger partial charge in [0.05, 0.1) is 0 Å². The second-order valence-corrected chi connectivity index (χ2v) is 8.13. The molecule has 1 unspecified atom stereocenters. The normalized spacial score (nSPS) is 13.9. The molecule has 0 saturated carbocycles. The predicted molar refractivity (Wildman–Crippen MR) is 99.6 cm³/mol. The molecule has 2 nitrogen and oxygen atoms in total. The highest BCUT2D eigenvalue weighted by Gasteiger charge is 2.24. The van der Waals surface area contributed by atoms with E-state index in [0.717, 1.165) is 18.5 Å². The van der Waals surface area contributed by atoms with Crippen LogP contribution in [0.25, 0.3) is 0 Å². The molecular formula is C20H36N2. The fourth-order valence-corrected chi connectivity index (χ4v) is 3.06. The van der Waals surface area contributed by atoms with E-state index in [1.54, 1.807) is 0 Å². The Morgan fingerprint density at radius 1 is 0.955 bits per heavy atom. The van der Waals surface area contributed by atoms with E-state index in [-0.39, 0.29) is 5.41 Å². The standard InChI is InChI=1S/C20H36N2/c1-13(2)17-11-16(12-18(14(3)4)19(17)22)20(6,7)10-8-9-15(5)21/h11-15H,8-10,21-22H2,1-7H3. The number of anilines is 1. The maximum atomic E-state index is 6.42. The first-order valence-corrected chi connectivity index (χ1v) is 8.75. The SMILES string of the molecule is CC(N)CCCC(C)(C)c1cc(C(C)C)c(N)c(C(C)C)c1. The molecule has 22 heavy (non-hydrogen) atoms. The van der Waals surface area contributed by atoms with Gasteiger partial charge in [-0.25, -0.2) is 0 Å². The predicted octanol–water partition coefficient (Wildman–Crippen LogP) is 5.31. The Bertz CT molecular complexity index is 455. The number of rotatable bonds is 7. The molecule has 0 radical (unpaired) electrons. The average molecular weight is 305 g/mol. The number of nitrogen functional groups attached to an aromatic ring is 1.